The molecule has 0 amide bonds. The van der Waals surface area contributed by atoms with Crippen LogP contribution in [0.5, 0.6) is 0 Å². The summed E-state index contributed by atoms with van der Waals surface area (Å²) < 4.78 is 61.7. The largest absolute Gasteiger partial charge is 0.432 e. The summed E-state index contributed by atoms with van der Waals surface area (Å²) in [4.78, 5) is 14.0. The number of hydrogen-bond acceptors (Lipinski definition) is 7. The molecule has 0 bridgehead atoms. The van der Waals surface area contributed by atoms with Crippen molar-refractivity contribution in [2.24, 2.45) is 0 Å². The van der Waals surface area contributed by atoms with Gasteiger partial charge in [0.05, 0.1) is 11.3 Å². The lowest BCUT2D eigenvalue weighted by atomic mass is 10.1. The second-order valence-corrected chi connectivity index (χ2v) is 8.55. The van der Waals surface area contributed by atoms with Crippen molar-refractivity contribution in [3.63, 3.8) is 0 Å². The molecular formula is C24H18F4N6OS. The summed E-state index contributed by atoms with van der Waals surface area (Å²) in [7, 11) is 0. The Morgan fingerprint density at radius 1 is 0.944 bits per heavy atom. The number of nitrogens with zero attached hydrogens (tertiary/aromatic N) is 4. The monoisotopic (exact) mass is 514 g/mol. The average Bonchev–Trinajstić information content (AvgIpc) is 3.46. The van der Waals surface area contributed by atoms with Crippen LogP contribution in [-0.4, -0.2) is 32.4 Å². The van der Waals surface area contributed by atoms with Crippen molar-refractivity contribution >= 4 is 23.7 Å². The van der Waals surface area contributed by atoms with Crippen LogP contribution in [0.15, 0.2) is 82.6 Å². The third kappa shape index (κ3) is 5.19. The van der Waals surface area contributed by atoms with Gasteiger partial charge in [0.25, 0.3) is 0 Å². The Morgan fingerprint density at radius 2 is 1.72 bits per heavy atom. The maximum absolute atomic E-state index is 13.4. The molecule has 0 radical (unpaired) electrons. The molecule has 3 aromatic heterocycles. The fourth-order valence-corrected chi connectivity index (χ4v) is 4.13. The lowest BCUT2D eigenvalue weighted by Gasteiger charge is -2.09. The zero-order valence-electron chi connectivity index (χ0n) is 18.5. The number of oxazole rings is 1. The Labute approximate surface area is 206 Å². The molecule has 5 aromatic rings. The third-order valence-corrected chi connectivity index (χ3v) is 6.02. The number of benzene rings is 2. The Bertz CT molecular complexity index is 1470. The molecule has 0 fully saturated rings. The van der Waals surface area contributed by atoms with Crippen LogP contribution >= 0.6 is 11.9 Å². The van der Waals surface area contributed by atoms with Gasteiger partial charge in [0.1, 0.15) is 23.5 Å². The molecular weight excluding hydrogens is 496 g/mol. The molecule has 2 aromatic carbocycles. The van der Waals surface area contributed by atoms with Gasteiger partial charge in [0, 0.05) is 35.9 Å². The maximum atomic E-state index is 13.4. The molecule has 36 heavy (non-hydrogen) atoms. The van der Waals surface area contributed by atoms with E-state index in [2.05, 4.69) is 25.0 Å². The molecule has 0 spiro atoms. The minimum Gasteiger partial charge on any atom is -0.432 e. The number of halogens is 4. The molecule has 2 N–H and O–H groups in total. The van der Waals surface area contributed by atoms with Crippen molar-refractivity contribution in [2.45, 2.75) is 11.1 Å². The number of aromatic nitrogens is 4. The summed E-state index contributed by atoms with van der Waals surface area (Å²) in [5.41, 5.74) is 1.88. The van der Waals surface area contributed by atoms with Crippen molar-refractivity contribution in [3.05, 3.63) is 84.6 Å². The van der Waals surface area contributed by atoms with Gasteiger partial charge in [0.2, 0.25) is 5.95 Å². The van der Waals surface area contributed by atoms with E-state index in [9.17, 15) is 17.6 Å². The molecule has 12 heteroatoms. The topological polar surface area (TPSA) is 80.3 Å². The van der Waals surface area contributed by atoms with E-state index in [-0.39, 0.29) is 5.82 Å². The zero-order valence-corrected chi connectivity index (χ0v) is 19.3. The molecule has 0 unspecified atom stereocenters. The van der Waals surface area contributed by atoms with Crippen LogP contribution < -0.4 is 10.0 Å². The summed E-state index contributed by atoms with van der Waals surface area (Å²) in [5.74, 6) is 0.418. The van der Waals surface area contributed by atoms with Gasteiger partial charge in [-0.3, -0.25) is 9.12 Å². The minimum absolute atomic E-state index is 0.346. The van der Waals surface area contributed by atoms with Gasteiger partial charge < -0.3 is 9.73 Å². The molecule has 0 atom stereocenters. The number of nitrogens with one attached hydrogen (secondary N) is 2. The molecule has 184 valence electrons. The Morgan fingerprint density at radius 3 is 2.47 bits per heavy atom. The average molecular weight is 515 g/mol. The van der Waals surface area contributed by atoms with E-state index in [0.717, 1.165) is 12.1 Å². The van der Waals surface area contributed by atoms with E-state index in [1.165, 1.54) is 42.5 Å². The second-order valence-electron chi connectivity index (χ2n) is 7.58. The molecule has 7 nitrogen and oxygen atoms in total. The first-order valence-corrected chi connectivity index (χ1v) is 11.6. The Hall–Kier alpha value is -3.90. The third-order valence-electron chi connectivity index (χ3n) is 5.16. The number of alkyl halides is 3. The minimum atomic E-state index is -4.35. The second kappa shape index (κ2) is 9.99. The highest BCUT2D eigenvalue weighted by Gasteiger charge is 2.29. The van der Waals surface area contributed by atoms with E-state index < -0.39 is 11.7 Å². The van der Waals surface area contributed by atoms with Crippen LogP contribution in [0.3, 0.4) is 0 Å². The number of fused-ring (bicyclic) bond motifs is 1. The Kier molecular flexibility index (Phi) is 6.61. The number of anilines is 1. The first-order valence-electron chi connectivity index (χ1n) is 10.7. The maximum Gasteiger partial charge on any atom is 0.416 e. The van der Waals surface area contributed by atoms with Gasteiger partial charge in [-0.25, -0.2) is 14.4 Å². The van der Waals surface area contributed by atoms with Crippen molar-refractivity contribution < 1.29 is 22.0 Å². The summed E-state index contributed by atoms with van der Waals surface area (Å²) in [6.07, 6.45) is 0.501. The lowest BCUT2D eigenvalue weighted by Crippen LogP contribution is -2.17. The SMILES string of the molecule is Fc1ccc(-c2nc3occn3c2-c2ccnc(NCCNSc3ccc(C(F)(F)F)cc3)n2)cc1. The number of imidazole rings is 1. The highest BCUT2D eigenvalue weighted by Crippen LogP contribution is 2.33. The molecule has 0 saturated heterocycles. The zero-order chi connectivity index (χ0) is 25.1. The molecule has 5 rings (SSSR count). The van der Waals surface area contributed by atoms with E-state index in [4.69, 9.17) is 4.42 Å². The van der Waals surface area contributed by atoms with Crippen LogP contribution in [0.2, 0.25) is 0 Å². The fourth-order valence-electron chi connectivity index (χ4n) is 3.49. The van der Waals surface area contributed by atoms with Gasteiger partial charge in [-0.15, -0.1) is 0 Å². The summed E-state index contributed by atoms with van der Waals surface area (Å²) in [6.45, 7) is 0.966. The van der Waals surface area contributed by atoms with Crippen molar-refractivity contribution in [1.82, 2.24) is 24.1 Å². The van der Waals surface area contributed by atoms with Crippen LogP contribution in [0, 0.1) is 5.82 Å². The smallest absolute Gasteiger partial charge is 0.416 e. The van der Waals surface area contributed by atoms with Gasteiger partial charge in [-0.2, -0.15) is 18.2 Å². The van der Waals surface area contributed by atoms with Crippen molar-refractivity contribution in [2.75, 3.05) is 18.4 Å². The predicted octanol–water partition coefficient (Wildman–Crippen LogP) is 5.92. The van der Waals surface area contributed by atoms with Crippen LogP contribution in [0.4, 0.5) is 23.5 Å². The molecule has 0 aliphatic heterocycles. The Balaban J connectivity index is 1.25. The van der Waals surface area contributed by atoms with Crippen molar-refractivity contribution in [3.8, 4) is 22.6 Å². The quantitative estimate of drug-likeness (QED) is 0.151. The van der Waals surface area contributed by atoms with Crippen LogP contribution in [-0.2, 0) is 6.18 Å². The van der Waals surface area contributed by atoms with Crippen LogP contribution in [0.25, 0.3) is 28.5 Å². The number of rotatable bonds is 8. The van der Waals surface area contributed by atoms with E-state index in [0.29, 0.717) is 52.4 Å². The van der Waals surface area contributed by atoms with Gasteiger partial charge in [-0.05, 0) is 66.5 Å². The molecule has 0 saturated carbocycles. The predicted molar refractivity (Wildman–Crippen MR) is 128 cm³/mol. The highest BCUT2D eigenvalue weighted by atomic mass is 32.2. The molecule has 0 aliphatic carbocycles. The summed E-state index contributed by atoms with van der Waals surface area (Å²) in [6, 6.07) is 12.7. The van der Waals surface area contributed by atoms with E-state index in [1.54, 1.807) is 35.0 Å². The fraction of sp³-hybridized carbons (Fsp3) is 0.125. The molecule has 3 heterocycles. The van der Waals surface area contributed by atoms with Gasteiger partial charge >= 0.3 is 12.0 Å². The summed E-state index contributed by atoms with van der Waals surface area (Å²) in [5, 5.41) is 3.12. The standard InChI is InChI=1S/C24H18F4N6OS/c25-17-5-1-15(2-6-17)20-21(34-13-14-35-23(34)33-20)19-9-10-29-22(32-19)30-11-12-31-36-18-7-3-16(4-8-18)24(26,27)28/h1-10,13-14,31H,11-12H2,(H,29,30,32). The van der Waals surface area contributed by atoms with Crippen molar-refractivity contribution in [1.29, 1.82) is 0 Å². The number of hydrogen-bond donors (Lipinski definition) is 2. The van der Waals surface area contributed by atoms with Gasteiger partial charge in [0.15, 0.2) is 0 Å². The summed E-state index contributed by atoms with van der Waals surface area (Å²) >= 11 is 1.23. The first-order chi connectivity index (χ1) is 17.4. The molecule has 0 aliphatic rings. The normalized spacial score (nSPS) is 11.8. The van der Waals surface area contributed by atoms with E-state index >= 15 is 0 Å². The highest BCUT2D eigenvalue weighted by molar-refractivity contribution is 7.97. The first kappa shape index (κ1) is 23.8. The van der Waals surface area contributed by atoms with Crippen LogP contribution in [0.1, 0.15) is 5.56 Å². The van der Waals surface area contributed by atoms with E-state index in [1.807, 2.05) is 0 Å². The van der Waals surface area contributed by atoms with Gasteiger partial charge in [-0.1, -0.05) is 0 Å². The lowest BCUT2D eigenvalue weighted by molar-refractivity contribution is -0.137.